The first kappa shape index (κ1) is 8.45. The standard InChI is InChI=1S/C10H7N3O/c1-13-10-3-2-7(5-11)4-8(10)9(6-14)12-13/h2-4,6H,1H3. The van der Waals surface area contributed by atoms with Gasteiger partial charge in [0, 0.05) is 12.4 Å². The molecule has 0 atom stereocenters. The van der Waals surface area contributed by atoms with Crippen molar-refractivity contribution < 1.29 is 4.79 Å². The average Bonchev–Trinajstić information content (AvgIpc) is 2.55. The zero-order chi connectivity index (χ0) is 10.1. The molecule has 0 N–H and O–H groups in total. The van der Waals surface area contributed by atoms with E-state index in [0.29, 0.717) is 17.5 Å². The van der Waals surface area contributed by atoms with E-state index in [0.717, 1.165) is 10.9 Å². The highest BCUT2D eigenvalue weighted by molar-refractivity contribution is 5.95. The van der Waals surface area contributed by atoms with Crippen molar-refractivity contribution in [1.82, 2.24) is 9.78 Å². The number of nitriles is 1. The molecule has 4 nitrogen and oxygen atoms in total. The van der Waals surface area contributed by atoms with E-state index in [2.05, 4.69) is 5.10 Å². The summed E-state index contributed by atoms with van der Waals surface area (Å²) in [4.78, 5) is 10.7. The van der Waals surface area contributed by atoms with Crippen LogP contribution in [0.15, 0.2) is 18.2 Å². The molecular formula is C10H7N3O. The first-order valence-corrected chi connectivity index (χ1v) is 4.08. The molecule has 2 aromatic rings. The Labute approximate surface area is 80.4 Å². The molecule has 0 spiro atoms. The van der Waals surface area contributed by atoms with E-state index in [1.165, 1.54) is 0 Å². The Hall–Kier alpha value is -2.15. The predicted octanol–water partition coefficient (Wildman–Crippen LogP) is 1.26. The number of hydrogen-bond donors (Lipinski definition) is 0. The van der Waals surface area contributed by atoms with Gasteiger partial charge in [0.2, 0.25) is 0 Å². The first-order valence-electron chi connectivity index (χ1n) is 4.08. The molecule has 4 heteroatoms. The zero-order valence-electron chi connectivity index (χ0n) is 7.56. The van der Waals surface area contributed by atoms with Crippen molar-refractivity contribution in [2.24, 2.45) is 7.05 Å². The Morgan fingerprint density at radius 2 is 2.36 bits per heavy atom. The Bertz CT molecular complexity index is 548. The third kappa shape index (κ3) is 1.07. The maximum atomic E-state index is 10.7. The number of rotatable bonds is 1. The monoisotopic (exact) mass is 185 g/mol. The van der Waals surface area contributed by atoms with Crippen LogP contribution in [0.25, 0.3) is 10.9 Å². The SMILES string of the molecule is Cn1nc(C=O)c2cc(C#N)ccc21. The summed E-state index contributed by atoms with van der Waals surface area (Å²) in [7, 11) is 1.77. The minimum absolute atomic E-state index is 0.375. The quantitative estimate of drug-likeness (QED) is 0.628. The van der Waals surface area contributed by atoms with Crippen molar-refractivity contribution in [1.29, 1.82) is 5.26 Å². The predicted molar refractivity (Wildman–Crippen MR) is 50.8 cm³/mol. The fourth-order valence-corrected chi connectivity index (χ4v) is 1.45. The van der Waals surface area contributed by atoms with E-state index >= 15 is 0 Å². The van der Waals surface area contributed by atoms with Gasteiger partial charge in [-0.05, 0) is 18.2 Å². The lowest BCUT2D eigenvalue weighted by Crippen LogP contribution is -1.90. The Kier molecular flexibility index (Phi) is 1.79. The zero-order valence-corrected chi connectivity index (χ0v) is 7.56. The Morgan fingerprint density at radius 3 is 3.00 bits per heavy atom. The van der Waals surface area contributed by atoms with Gasteiger partial charge in [0.1, 0.15) is 5.69 Å². The van der Waals surface area contributed by atoms with Gasteiger partial charge >= 0.3 is 0 Å². The number of fused-ring (bicyclic) bond motifs is 1. The fraction of sp³-hybridized carbons (Fsp3) is 0.100. The summed E-state index contributed by atoms with van der Waals surface area (Å²) in [6.07, 6.45) is 0.698. The minimum Gasteiger partial charge on any atom is -0.296 e. The summed E-state index contributed by atoms with van der Waals surface area (Å²) in [6.45, 7) is 0. The number of hydrogen-bond acceptors (Lipinski definition) is 3. The molecule has 0 aliphatic rings. The molecule has 1 aromatic carbocycles. The van der Waals surface area contributed by atoms with Gasteiger partial charge in [0.15, 0.2) is 6.29 Å². The van der Waals surface area contributed by atoms with Crippen molar-refractivity contribution in [3.05, 3.63) is 29.5 Å². The number of nitrogens with zero attached hydrogens (tertiary/aromatic N) is 3. The van der Waals surface area contributed by atoms with Crippen molar-refractivity contribution in [3.63, 3.8) is 0 Å². The summed E-state index contributed by atoms with van der Waals surface area (Å²) >= 11 is 0. The maximum absolute atomic E-state index is 10.7. The number of aryl methyl sites for hydroxylation is 1. The number of carbonyl (C=O) groups excluding carboxylic acids is 1. The first-order chi connectivity index (χ1) is 6.76. The van der Waals surface area contributed by atoms with Crippen LogP contribution in [-0.2, 0) is 7.05 Å². The second-order valence-electron chi connectivity index (χ2n) is 2.97. The highest BCUT2D eigenvalue weighted by atomic mass is 16.1. The lowest BCUT2D eigenvalue weighted by Gasteiger charge is -1.92. The van der Waals surface area contributed by atoms with E-state index in [9.17, 15) is 4.79 Å². The van der Waals surface area contributed by atoms with Gasteiger partial charge in [-0.1, -0.05) is 0 Å². The van der Waals surface area contributed by atoms with Crippen LogP contribution in [0.5, 0.6) is 0 Å². The largest absolute Gasteiger partial charge is 0.296 e. The third-order valence-corrected chi connectivity index (χ3v) is 2.12. The smallest absolute Gasteiger partial charge is 0.170 e. The molecular weight excluding hydrogens is 178 g/mol. The van der Waals surface area contributed by atoms with Gasteiger partial charge < -0.3 is 0 Å². The van der Waals surface area contributed by atoms with Gasteiger partial charge in [-0.3, -0.25) is 9.48 Å². The molecule has 1 aromatic heterocycles. The third-order valence-electron chi connectivity index (χ3n) is 2.12. The molecule has 0 saturated heterocycles. The summed E-state index contributed by atoms with van der Waals surface area (Å²) in [5, 5.41) is 13.4. The summed E-state index contributed by atoms with van der Waals surface area (Å²) in [6, 6.07) is 7.19. The van der Waals surface area contributed by atoms with Crippen LogP contribution in [0.4, 0.5) is 0 Å². The summed E-state index contributed by atoms with van der Waals surface area (Å²) < 4.78 is 1.63. The van der Waals surface area contributed by atoms with Crippen molar-refractivity contribution in [2.75, 3.05) is 0 Å². The van der Waals surface area contributed by atoms with E-state index in [-0.39, 0.29) is 0 Å². The molecule has 0 saturated carbocycles. The van der Waals surface area contributed by atoms with Crippen LogP contribution in [0, 0.1) is 11.3 Å². The summed E-state index contributed by atoms with van der Waals surface area (Å²) in [5.74, 6) is 0. The van der Waals surface area contributed by atoms with E-state index in [4.69, 9.17) is 5.26 Å². The van der Waals surface area contributed by atoms with Gasteiger partial charge in [-0.15, -0.1) is 0 Å². The van der Waals surface area contributed by atoms with E-state index in [1.54, 1.807) is 29.9 Å². The molecule has 0 radical (unpaired) electrons. The maximum Gasteiger partial charge on any atom is 0.170 e. The number of carbonyl (C=O) groups is 1. The highest BCUT2D eigenvalue weighted by Crippen LogP contribution is 2.17. The van der Waals surface area contributed by atoms with Gasteiger partial charge in [0.05, 0.1) is 17.1 Å². The number of aromatic nitrogens is 2. The Balaban J connectivity index is 2.86. The van der Waals surface area contributed by atoms with Crippen LogP contribution in [0.3, 0.4) is 0 Å². The molecule has 2 rings (SSSR count). The lowest BCUT2D eigenvalue weighted by molar-refractivity contribution is 0.112. The fourth-order valence-electron chi connectivity index (χ4n) is 1.45. The molecule has 0 fully saturated rings. The van der Waals surface area contributed by atoms with E-state index in [1.807, 2.05) is 6.07 Å². The van der Waals surface area contributed by atoms with Crippen LogP contribution in [-0.4, -0.2) is 16.1 Å². The molecule has 0 amide bonds. The molecule has 0 unspecified atom stereocenters. The second kappa shape index (κ2) is 2.96. The molecule has 0 bridgehead atoms. The normalized spacial score (nSPS) is 10.0. The molecule has 68 valence electrons. The second-order valence-corrected chi connectivity index (χ2v) is 2.97. The summed E-state index contributed by atoms with van der Waals surface area (Å²) in [5.41, 5.74) is 1.76. The average molecular weight is 185 g/mol. The minimum atomic E-state index is 0.375. The highest BCUT2D eigenvalue weighted by Gasteiger charge is 2.07. The number of aldehydes is 1. The van der Waals surface area contributed by atoms with Crippen LogP contribution < -0.4 is 0 Å². The van der Waals surface area contributed by atoms with Gasteiger partial charge in [-0.2, -0.15) is 10.4 Å². The Morgan fingerprint density at radius 1 is 1.57 bits per heavy atom. The van der Waals surface area contributed by atoms with Crippen LogP contribution in [0.1, 0.15) is 16.1 Å². The van der Waals surface area contributed by atoms with Crippen molar-refractivity contribution in [2.45, 2.75) is 0 Å². The molecule has 14 heavy (non-hydrogen) atoms. The van der Waals surface area contributed by atoms with Gasteiger partial charge in [0.25, 0.3) is 0 Å². The van der Waals surface area contributed by atoms with Crippen molar-refractivity contribution in [3.8, 4) is 6.07 Å². The van der Waals surface area contributed by atoms with Gasteiger partial charge in [-0.25, -0.2) is 0 Å². The lowest BCUT2D eigenvalue weighted by atomic mass is 10.1. The van der Waals surface area contributed by atoms with E-state index < -0.39 is 0 Å². The number of benzene rings is 1. The van der Waals surface area contributed by atoms with Crippen molar-refractivity contribution >= 4 is 17.2 Å². The van der Waals surface area contributed by atoms with Crippen LogP contribution >= 0.6 is 0 Å². The molecule has 0 aliphatic heterocycles. The molecule has 0 aliphatic carbocycles. The van der Waals surface area contributed by atoms with Crippen LogP contribution in [0.2, 0.25) is 0 Å². The topological polar surface area (TPSA) is 58.7 Å². The molecule has 1 heterocycles.